The Bertz CT molecular complexity index is 659. The van der Waals surface area contributed by atoms with Gasteiger partial charge in [-0.05, 0) is 19.1 Å². The van der Waals surface area contributed by atoms with Crippen LogP contribution < -0.4 is 16.0 Å². The predicted molar refractivity (Wildman–Crippen MR) is 86.6 cm³/mol. The summed E-state index contributed by atoms with van der Waals surface area (Å²) in [7, 11) is 0. The van der Waals surface area contributed by atoms with Crippen LogP contribution in [0.3, 0.4) is 0 Å². The quantitative estimate of drug-likeness (QED) is 0.425. The molecule has 0 aliphatic heterocycles. The average Bonchev–Trinajstić information content (AvgIpc) is 2.59. The Labute approximate surface area is 143 Å². The zero-order valence-corrected chi connectivity index (χ0v) is 13.6. The van der Waals surface area contributed by atoms with Gasteiger partial charge in [0.05, 0.1) is 19.0 Å². The fourth-order valence-electron chi connectivity index (χ4n) is 1.78. The summed E-state index contributed by atoms with van der Waals surface area (Å²) in [6, 6.07) is 7.17. The van der Waals surface area contributed by atoms with Crippen molar-refractivity contribution in [3.05, 3.63) is 35.9 Å². The van der Waals surface area contributed by atoms with Crippen molar-refractivity contribution in [2.45, 2.75) is 19.4 Å². The Kier molecular flexibility index (Phi) is 7.77. The van der Waals surface area contributed by atoms with E-state index in [2.05, 4.69) is 16.0 Å². The van der Waals surface area contributed by atoms with Gasteiger partial charge in [-0.1, -0.05) is 18.2 Å². The second-order valence-electron chi connectivity index (χ2n) is 5.10. The molecule has 0 fully saturated rings. The van der Waals surface area contributed by atoms with Crippen molar-refractivity contribution in [1.29, 1.82) is 0 Å². The van der Waals surface area contributed by atoms with Crippen LogP contribution in [0.4, 0.5) is 0 Å². The minimum atomic E-state index is -1.11. The lowest BCUT2D eigenvalue weighted by molar-refractivity contribution is -0.140. The molecule has 9 heteroatoms. The smallest absolute Gasteiger partial charge is 0.305 e. The summed E-state index contributed by atoms with van der Waals surface area (Å²) in [5, 5.41) is 15.3. The minimum absolute atomic E-state index is 0.187. The highest BCUT2D eigenvalue weighted by Crippen LogP contribution is 1.97. The number of hydrogen-bond acceptors (Lipinski definition) is 5. The van der Waals surface area contributed by atoms with Crippen LogP contribution in [0.2, 0.25) is 0 Å². The topological polar surface area (TPSA) is 142 Å². The molecule has 4 N–H and O–H groups in total. The Hall–Kier alpha value is -3.23. The number of amides is 3. The van der Waals surface area contributed by atoms with E-state index in [0.717, 1.165) is 0 Å². The fourth-order valence-corrected chi connectivity index (χ4v) is 1.78. The van der Waals surface area contributed by atoms with Crippen molar-refractivity contribution < 1.29 is 29.1 Å². The van der Waals surface area contributed by atoms with Crippen LogP contribution in [-0.4, -0.2) is 53.7 Å². The van der Waals surface area contributed by atoms with Gasteiger partial charge in [-0.2, -0.15) is 0 Å². The molecule has 0 aliphatic carbocycles. The van der Waals surface area contributed by atoms with Gasteiger partial charge in [0.25, 0.3) is 11.8 Å². The Morgan fingerprint density at radius 3 is 2.28 bits per heavy atom. The van der Waals surface area contributed by atoms with E-state index in [1.54, 1.807) is 30.3 Å². The van der Waals surface area contributed by atoms with E-state index >= 15 is 0 Å². The third-order valence-corrected chi connectivity index (χ3v) is 3.06. The molecule has 0 bridgehead atoms. The van der Waals surface area contributed by atoms with Crippen molar-refractivity contribution >= 4 is 29.5 Å². The Morgan fingerprint density at radius 2 is 1.68 bits per heavy atom. The predicted octanol–water partition coefficient (Wildman–Crippen LogP) is -0.919. The first-order valence-electron chi connectivity index (χ1n) is 7.47. The highest BCUT2D eigenvalue weighted by atomic mass is 16.4. The van der Waals surface area contributed by atoms with Gasteiger partial charge < -0.3 is 21.1 Å². The van der Waals surface area contributed by atoms with E-state index in [1.807, 2.05) is 0 Å². The van der Waals surface area contributed by atoms with Crippen LogP contribution in [0.25, 0.3) is 0 Å². The molecule has 0 radical (unpaired) electrons. The number of benzene rings is 1. The first-order valence-corrected chi connectivity index (χ1v) is 7.47. The zero-order valence-electron chi connectivity index (χ0n) is 13.6. The molecule has 0 saturated heterocycles. The molecule has 0 spiro atoms. The molecule has 0 saturated carbocycles. The van der Waals surface area contributed by atoms with Crippen molar-refractivity contribution in [2.24, 2.45) is 0 Å². The molecule has 1 aromatic rings. The summed E-state index contributed by atoms with van der Waals surface area (Å²) >= 11 is 0. The molecule has 0 aliphatic rings. The lowest BCUT2D eigenvalue weighted by Gasteiger charge is -2.13. The summed E-state index contributed by atoms with van der Waals surface area (Å²) in [5.74, 6) is -4.08. The van der Waals surface area contributed by atoms with E-state index < -0.39 is 35.5 Å². The van der Waals surface area contributed by atoms with Gasteiger partial charge in [-0.25, -0.2) is 0 Å². The number of hydrogen-bond donors (Lipinski definition) is 4. The molecule has 3 amide bonds. The molecule has 1 atom stereocenters. The monoisotopic (exact) mass is 349 g/mol. The second kappa shape index (κ2) is 9.81. The summed E-state index contributed by atoms with van der Waals surface area (Å²) in [5.41, 5.74) is 0.386. The standard InChI is InChI=1S/C16H19N3O6/c1-10(14(23)16(25)17-8-7-13(21)22)19-12(20)9-18-15(24)11-5-3-2-4-6-11/h2-6,10H,7-9H2,1H3,(H,17,25)(H,18,24)(H,19,20)(H,21,22)/t10-/m0/s1. The van der Waals surface area contributed by atoms with Gasteiger partial charge in [0.2, 0.25) is 11.7 Å². The first-order chi connectivity index (χ1) is 11.8. The van der Waals surface area contributed by atoms with Gasteiger partial charge in [0.1, 0.15) is 0 Å². The Morgan fingerprint density at radius 1 is 1.04 bits per heavy atom. The van der Waals surface area contributed by atoms with E-state index in [9.17, 15) is 24.0 Å². The van der Waals surface area contributed by atoms with E-state index in [-0.39, 0.29) is 19.5 Å². The van der Waals surface area contributed by atoms with Crippen molar-refractivity contribution in [3.8, 4) is 0 Å². The Balaban J connectivity index is 2.37. The highest BCUT2D eigenvalue weighted by molar-refractivity contribution is 6.38. The molecule has 1 aromatic carbocycles. The van der Waals surface area contributed by atoms with Crippen LogP contribution in [0.15, 0.2) is 30.3 Å². The summed E-state index contributed by atoms with van der Waals surface area (Å²) in [4.78, 5) is 57.1. The van der Waals surface area contributed by atoms with E-state index in [4.69, 9.17) is 5.11 Å². The van der Waals surface area contributed by atoms with Crippen molar-refractivity contribution in [1.82, 2.24) is 16.0 Å². The van der Waals surface area contributed by atoms with Crippen molar-refractivity contribution in [3.63, 3.8) is 0 Å². The lowest BCUT2D eigenvalue weighted by atomic mass is 10.2. The molecule has 9 nitrogen and oxygen atoms in total. The number of carbonyl (C=O) groups excluding carboxylic acids is 4. The first kappa shape index (κ1) is 19.8. The van der Waals surface area contributed by atoms with Gasteiger partial charge in [0.15, 0.2) is 0 Å². The number of rotatable bonds is 9. The van der Waals surface area contributed by atoms with Gasteiger partial charge in [0, 0.05) is 12.1 Å². The molecule has 134 valence electrons. The molecular formula is C16H19N3O6. The molecule has 0 aromatic heterocycles. The van der Waals surface area contributed by atoms with Crippen LogP contribution >= 0.6 is 0 Å². The zero-order chi connectivity index (χ0) is 18.8. The van der Waals surface area contributed by atoms with Gasteiger partial charge in [-0.15, -0.1) is 0 Å². The van der Waals surface area contributed by atoms with Gasteiger partial charge >= 0.3 is 5.97 Å². The third-order valence-electron chi connectivity index (χ3n) is 3.06. The maximum Gasteiger partial charge on any atom is 0.305 e. The van der Waals surface area contributed by atoms with E-state index in [1.165, 1.54) is 6.92 Å². The maximum atomic E-state index is 11.8. The normalized spacial score (nSPS) is 11.1. The SMILES string of the molecule is C[C@H](NC(=O)CNC(=O)c1ccccc1)C(=O)C(=O)NCCC(=O)O. The second-order valence-corrected chi connectivity index (χ2v) is 5.10. The minimum Gasteiger partial charge on any atom is -0.481 e. The number of nitrogens with one attached hydrogen (secondary N) is 3. The number of carboxylic acids is 1. The van der Waals surface area contributed by atoms with Crippen LogP contribution in [0, 0.1) is 0 Å². The third kappa shape index (κ3) is 7.25. The highest BCUT2D eigenvalue weighted by Gasteiger charge is 2.22. The largest absolute Gasteiger partial charge is 0.481 e. The number of Topliss-reactive ketones (excluding diaryl/α,β-unsaturated/α-hetero) is 1. The fraction of sp³-hybridized carbons (Fsp3) is 0.312. The summed E-state index contributed by atoms with van der Waals surface area (Å²) < 4.78 is 0. The van der Waals surface area contributed by atoms with Crippen LogP contribution in [0.1, 0.15) is 23.7 Å². The number of carboxylic acid groups (broad SMARTS) is 1. The number of aliphatic carboxylic acids is 1. The molecule has 25 heavy (non-hydrogen) atoms. The molecular weight excluding hydrogens is 330 g/mol. The van der Waals surface area contributed by atoms with Gasteiger partial charge in [-0.3, -0.25) is 24.0 Å². The average molecular weight is 349 g/mol. The molecule has 1 rings (SSSR count). The molecule has 0 heterocycles. The van der Waals surface area contributed by atoms with E-state index in [0.29, 0.717) is 5.56 Å². The van der Waals surface area contributed by atoms with Crippen molar-refractivity contribution in [2.75, 3.05) is 13.1 Å². The van der Waals surface area contributed by atoms with Crippen LogP contribution in [-0.2, 0) is 19.2 Å². The van der Waals surface area contributed by atoms with Crippen LogP contribution in [0.5, 0.6) is 0 Å². The summed E-state index contributed by atoms with van der Waals surface area (Å²) in [6.45, 7) is 0.774. The number of ketones is 1. The molecule has 0 unspecified atom stereocenters. The number of carbonyl (C=O) groups is 5. The summed E-state index contributed by atoms with van der Waals surface area (Å²) in [6.07, 6.45) is -0.314. The lowest BCUT2D eigenvalue weighted by Crippen LogP contribution is -2.48. The maximum absolute atomic E-state index is 11.8.